The van der Waals surface area contributed by atoms with Crippen LogP contribution < -0.4 is 10.6 Å². The van der Waals surface area contributed by atoms with Gasteiger partial charge in [-0.3, -0.25) is 0 Å². The number of rotatable bonds is 4. The van der Waals surface area contributed by atoms with Gasteiger partial charge in [0, 0.05) is 33.5 Å². The summed E-state index contributed by atoms with van der Waals surface area (Å²) in [5.74, 6) is 0.905. The van der Waals surface area contributed by atoms with Crippen LogP contribution in [0.5, 0.6) is 0 Å². The van der Waals surface area contributed by atoms with Gasteiger partial charge in [-0.05, 0) is 42.5 Å². The molecule has 6 nitrogen and oxygen atoms in total. The van der Waals surface area contributed by atoms with E-state index in [4.69, 9.17) is 11.6 Å². The van der Waals surface area contributed by atoms with Gasteiger partial charge in [0.15, 0.2) is 0 Å². The molecule has 7 heteroatoms. The minimum atomic E-state index is 0.442. The van der Waals surface area contributed by atoms with Crippen LogP contribution in [-0.2, 0) is 0 Å². The van der Waals surface area contributed by atoms with Crippen molar-refractivity contribution in [2.45, 2.75) is 0 Å². The van der Waals surface area contributed by atoms with Crippen molar-refractivity contribution in [3.63, 3.8) is 0 Å². The van der Waals surface area contributed by atoms with E-state index in [2.05, 4.69) is 30.6 Å². The largest absolute Gasteiger partial charge is 0.361 e. The van der Waals surface area contributed by atoms with E-state index in [0.29, 0.717) is 16.9 Å². The number of halogens is 1. The maximum atomic E-state index is 5.98. The number of hydrogen-bond donors (Lipinski definition) is 3. The highest BCUT2D eigenvalue weighted by molar-refractivity contribution is 6.30. The van der Waals surface area contributed by atoms with E-state index in [1.165, 1.54) is 6.33 Å². The van der Waals surface area contributed by atoms with Crippen molar-refractivity contribution in [1.82, 2.24) is 19.9 Å². The summed E-state index contributed by atoms with van der Waals surface area (Å²) in [6.07, 6.45) is 3.36. The van der Waals surface area contributed by atoms with E-state index < -0.39 is 0 Å². The number of nitrogens with zero attached hydrogens (tertiary/aromatic N) is 3. The van der Waals surface area contributed by atoms with Crippen molar-refractivity contribution >= 4 is 45.8 Å². The van der Waals surface area contributed by atoms with E-state index in [1.807, 2.05) is 48.7 Å². The summed E-state index contributed by atoms with van der Waals surface area (Å²) >= 11 is 5.98. The Hall–Kier alpha value is -3.12. The van der Waals surface area contributed by atoms with Crippen LogP contribution in [0.1, 0.15) is 0 Å². The van der Waals surface area contributed by atoms with Crippen molar-refractivity contribution in [2.75, 3.05) is 10.6 Å². The number of aromatic nitrogens is 4. The van der Waals surface area contributed by atoms with Crippen molar-refractivity contribution in [3.05, 3.63) is 66.1 Å². The van der Waals surface area contributed by atoms with Gasteiger partial charge in [-0.2, -0.15) is 4.98 Å². The van der Waals surface area contributed by atoms with Crippen LogP contribution in [0.4, 0.5) is 23.3 Å². The average Bonchev–Trinajstić information content (AvgIpc) is 3.03. The Bertz CT molecular complexity index is 997. The molecule has 2 aromatic carbocycles. The molecular formula is C17H13ClN6. The average molecular weight is 337 g/mol. The molecule has 0 radical (unpaired) electrons. The van der Waals surface area contributed by atoms with Crippen molar-refractivity contribution in [1.29, 1.82) is 0 Å². The second kappa shape index (κ2) is 6.17. The molecule has 3 N–H and O–H groups in total. The number of fused-ring (bicyclic) bond motifs is 1. The van der Waals surface area contributed by atoms with Gasteiger partial charge in [0.1, 0.15) is 6.33 Å². The van der Waals surface area contributed by atoms with Gasteiger partial charge in [0.2, 0.25) is 11.9 Å². The zero-order valence-electron chi connectivity index (χ0n) is 12.5. The third-order valence-electron chi connectivity index (χ3n) is 3.46. The highest BCUT2D eigenvalue weighted by Gasteiger charge is 2.04. The first kappa shape index (κ1) is 14.5. The SMILES string of the molecule is Clc1cccc(Nc2ncnc(Nc3ccc4[nH]ccc4c3)n2)c1. The molecule has 0 spiro atoms. The number of hydrogen-bond acceptors (Lipinski definition) is 5. The summed E-state index contributed by atoms with van der Waals surface area (Å²) in [5, 5.41) is 8.05. The van der Waals surface area contributed by atoms with Crippen LogP contribution in [0.2, 0.25) is 5.02 Å². The highest BCUT2D eigenvalue weighted by atomic mass is 35.5. The van der Waals surface area contributed by atoms with Gasteiger partial charge < -0.3 is 15.6 Å². The van der Waals surface area contributed by atoms with Gasteiger partial charge in [0.05, 0.1) is 0 Å². The molecule has 0 amide bonds. The fourth-order valence-corrected chi connectivity index (χ4v) is 2.56. The van der Waals surface area contributed by atoms with Crippen LogP contribution >= 0.6 is 11.6 Å². The van der Waals surface area contributed by atoms with Crippen molar-refractivity contribution in [3.8, 4) is 0 Å². The fraction of sp³-hybridized carbons (Fsp3) is 0. The summed E-state index contributed by atoms with van der Waals surface area (Å²) in [6, 6.07) is 15.4. The van der Waals surface area contributed by atoms with E-state index in [9.17, 15) is 0 Å². The van der Waals surface area contributed by atoms with Crippen LogP contribution in [0.15, 0.2) is 61.1 Å². The molecule has 0 bridgehead atoms. The second-order valence-corrected chi connectivity index (χ2v) is 5.61. The first-order chi connectivity index (χ1) is 11.8. The molecule has 118 valence electrons. The number of aromatic amines is 1. The minimum absolute atomic E-state index is 0.442. The topological polar surface area (TPSA) is 78.5 Å². The van der Waals surface area contributed by atoms with E-state index in [0.717, 1.165) is 22.3 Å². The Morgan fingerprint density at radius 3 is 2.46 bits per heavy atom. The lowest BCUT2D eigenvalue weighted by Crippen LogP contribution is -2.02. The molecule has 0 saturated carbocycles. The van der Waals surface area contributed by atoms with E-state index >= 15 is 0 Å². The van der Waals surface area contributed by atoms with Crippen molar-refractivity contribution < 1.29 is 0 Å². The lowest BCUT2D eigenvalue weighted by Gasteiger charge is -2.08. The molecule has 0 aliphatic carbocycles. The highest BCUT2D eigenvalue weighted by Crippen LogP contribution is 2.21. The molecular weight excluding hydrogens is 324 g/mol. The van der Waals surface area contributed by atoms with E-state index in [-0.39, 0.29) is 0 Å². The second-order valence-electron chi connectivity index (χ2n) is 5.17. The maximum Gasteiger partial charge on any atom is 0.232 e. The fourth-order valence-electron chi connectivity index (χ4n) is 2.37. The summed E-state index contributed by atoms with van der Waals surface area (Å²) in [5.41, 5.74) is 2.80. The Labute approximate surface area is 142 Å². The van der Waals surface area contributed by atoms with Gasteiger partial charge in [-0.1, -0.05) is 17.7 Å². The molecule has 0 atom stereocenters. The van der Waals surface area contributed by atoms with Crippen LogP contribution in [-0.4, -0.2) is 19.9 Å². The van der Waals surface area contributed by atoms with Crippen molar-refractivity contribution in [2.24, 2.45) is 0 Å². The number of anilines is 4. The third kappa shape index (κ3) is 3.13. The monoisotopic (exact) mass is 336 g/mol. The Balaban J connectivity index is 1.55. The molecule has 0 fully saturated rings. The van der Waals surface area contributed by atoms with Gasteiger partial charge in [0.25, 0.3) is 0 Å². The number of nitrogens with one attached hydrogen (secondary N) is 3. The molecule has 4 aromatic rings. The van der Waals surface area contributed by atoms with Gasteiger partial charge >= 0.3 is 0 Å². The normalized spacial score (nSPS) is 10.7. The van der Waals surface area contributed by atoms with Crippen LogP contribution in [0, 0.1) is 0 Å². The Kier molecular flexibility index (Phi) is 3.72. The zero-order valence-corrected chi connectivity index (χ0v) is 13.2. The molecule has 0 unspecified atom stereocenters. The number of benzene rings is 2. The quantitative estimate of drug-likeness (QED) is 0.511. The molecule has 24 heavy (non-hydrogen) atoms. The number of H-pyrrole nitrogens is 1. The molecule has 0 aliphatic rings. The summed E-state index contributed by atoms with van der Waals surface area (Å²) in [6.45, 7) is 0. The Morgan fingerprint density at radius 1 is 0.875 bits per heavy atom. The van der Waals surface area contributed by atoms with E-state index in [1.54, 1.807) is 6.07 Å². The standard InChI is InChI=1S/C17H13ClN6/c18-12-2-1-3-13(9-12)22-16-20-10-21-17(24-16)23-14-4-5-15-11(8-14)6-7-19-15/h1-10,19H,(H2,20,21,22,23,24). The predicted molar refractivity (Wildman–Crippen MR) is 96.1 cm³/mol. The van der Waals surface area contributed by atoms with Crippen LogP contribution in [0.25, 0.3) is 10.9 Å². The van der Waals surface area contributed by atoms with Crippen LogP contribution in [0.3, 0.4) is 0 Å². The summed E-state index contributed by atoms with van der Waals surface area (Å²) in [7, 11) is 0. The molecule has 0 saturated heterocycles. The smallest absolute Gasteiger partial charge is 0.232 e. The molecule has 0 aliphatic heterocycles. The minimum Gasteiger partial charge on any atom is -0.361 e. The molecule has 2 aromatic heterocycles. The molecule has 4 rings (SSSR count). The third-order valence-corrected chi connectivity index (χ3v) is 3.70. The van der Waals surface area contributed by atoms with Gasteiger partial charge in [-0.15, -0.1) is 0 Å². The lowest BCUT2D eigenvalue weighted by molar-refractivity contribution is 1.06. The summed E-state index contributed by atoms with van der Waals surface area (Å²) in [4.78, 5) is 15.8. The first-order valence-corrected chi connectivity index (χ1v) is 7.70. The molecule has 2 heterocycles. The Morgan fingerprint density at radius 2 is 1.67 bits per heavy atom. The maximum absolute atomic E-state index is 5.98. The van der Waals surface area contributed by atoms with Gasteiger partial charge in [-0.25, -0.2) is 9.97 Å². The predicted octanol–water partition coefficient (Wildman–Crippen LogP) is 4.49. The summed E-state index contributed by atoms with van der Waals surface area (Å²) < 4.78 is 0. The first-order valence-electron chi connectivity index (χ1n) is 7.32. The lowest BCUT2D eigenvalue weighted by atomic mass is 10.2. The zero-order chi connectivity index (χ0) is 16.4.